The predicted octanol–water partition coefficient (Wildman–Crippen LogP) is -3.19. The van der Waals surface area contributed by atoms with Gasteiger partial charge in [-0.3, -0.25) is 0 Å². The molecule has 0 saturated heterocycles. The molecule has 0 unspecified atom stereocenters. The fourth-order valence-corrected chi connectivity index (χ4v) is 1.51. The number of hydrogen-bond acceptors (Lipinski definition) is 2. The van der Waals surface area contributed by atoms with Crippen LogP contribution in [0.1, 0.15) is 11.1 Å². The second kappa shape index (κ2) is 11.4. The molecule has 0 N–H and O–H groups in total. The zero-order valence-corrected chi connectivity index (χ0v) is 16.2. The molecule has 0 aliphatic carbocycles. The Bertz CT molecular complexity index is 299. The molecule has 0 radical (unpaired) electrons. The Hall–Kier alpha value is 0.313. The number of methoxy groups -OCH3 is 1. The number of rotatable bonds is 2. The maximum atomic E-state index is 5.29. The van der Waals surface area contributed by atoms with E-state index in [2.05, 4.69) is 30.9 Å². The third-order valence-corrected chi connectivity index (χ3v) is 2.17. The maximum absolute atomic E-state index is 5.29. The van der Waals surface area contributed by atoms with E-state index in [1.807, 2.05) is 14.1 Å². The average molecular weight is 352 g/mol. The second-order valence-corrected chi connectivity index (χ2v) is 3.51. The summed E-state index contributed by atoms with van der Waals surface area (Å²) in [5.41, 5.74) is 3.59. The van der Waals surface area contributed by atoms with Crippen molar-refractivity contribution in [2.24, 2.45) is 0 Å². The van der Waals surface area contributed by atoms with Crippen molar-refractivity contribution < 1.29 is 49.0 Å². The van der Waals surface area contributed by atoms with Crippen LogP contribution in [0.5, 0.6) is 5.75 Å². The van der Waals surface area contributed by atoms with Gasteiger partial charge in [-0.25, -0.2) is 0 Å². The van der Waals surface area contributed by atoms with Gasteiger partial charge in [-0.1, -0.05) is 0 Å². The van der Waals surface area contributed by atoms with Crippen molar-refractivity contribution in [2.75, 3.05) is 26.1 Å². The predicted molar refractivity (Wildman–Crippen MR) is 64.0 cm³/mol. The minimum absolute atomic E-state index is 0. The smallest absolute Gasteiger partial charge is 1.00 e. The van der Waals surface area contributed by atoms with Crippen LogP contribution in [-0.4, -0.2) is 21.2 Å². The van der Waals surface area contributed by atoms with E-state index in [0.717, 1.165) is 5.75 Å². The zero-order valence-electron chi connectivity index (χ0n) is 10.9. The molecule has 0 aliphatic rings. The van der Waals surface area contributed by atoms with Crippen LogP contribution in [0.15, 0.2) is 12.1 Å². The quantitative estimate of drug-likeness (QED) is 0.521. The maximum Gasteiger partial charge on any atom is 2.00 e. The van der Waals surface area contributed by atoms with Gasteiger partial charge in [0.05, 0.1) is 7.11 Å². The summed E-state index contributed by atoms with van der Waals surface area (Å²) in [6.07, 6.45) is 0. The Morgan fingerprint density at radius 1 is 1.00 bits per heavy atom. The molecular weight excluding hydrogens is 334 g/mol. The molecule has 0 spiro atoms. The van der Waals surface area contributed by atoms with Crippen LogP contribution < -0.4 is 34.5 Å². The molecule has 0 amide bonds. The Balaban J connectivity index is -0.000000211. The first kappa shape index (κ1) is 26.0. The number of hydrogen-bond donors (Lipinski definition) is 0. The van der Waals surface area contributed by atoms with E-state index in [0.29, 0.717) is 0 Å². The monoisotopic (exact) mass is 349 g/mol. The van der Waals surface area contributed by atoms with Gasteiger partial charge < -0.3 is 34.5 Å². The standard InChI is InChI=1S/C11H17NO.3ClH.Zn/c1-8-6-10(12(3)4)7-9(2)11(8)13-5;;;;/h6-7H,1-5H3;3*1H;/q;;;;+2/p-2. The molecule has 0 aliphatic heterocycles. The van der Waals surface area contributed by atoms with Gasteiger partial charge in [0.25, 0.3) is 0 Å². The summed E-state index contributed by atoms with van der Waals surface area (Å²) in [5.74, 6) is 0.991. The van der Waals surface area contributed by atoms with Gasteiger partial charge in [-0.15, -0.1) is 12.4 Å². The molecule has 0 aromatic heterocycles. The number of aryl methyl sites for hydroxylation is 2. The van der Waals surface area contributed by atoms with Crippen molar-refractivity contribution in [2.45, 2.75) is 13.8 Å². The Labute approximate surface area is 135 Å². The molecule has 6 heteroatoms. The van der Waals surface area contributed by atoms with Crippen LogP contribution >= 0.6 is 12.4 Å². The molecule has 0 saturated carbocycles. The number of nitrogens with zero attached hydrogens (tertiary/aromatic N) is 1. The summed E-state index contributed by atoms with van der Waals surface area (Å²) in [7, 11) is 5.80. The van der Waals surface area contributed by atoms with E-state index in [4.69, 9.17) is 4.74 Å². The summed E-state index contributed by atoms with van der Waals surface area (Å²) in [4.78, 5) is 2.10. The molecule has 1 aromatic rings. The fourth-order valence-electron chi connectivity index (χ4n) is 1.51. The van der Waals surface area contributed by atoms with Crippen molar-refractivity contribution in [3.63, 3.8) is 0 Å². The molecule has 0 fully saturated rings. The third-order valence-electron chi connectivity index (χ3n) is 2.17. The van der Waals surface area contributed by atoms with Crippen molar-refractivity contribution in [3.05, 3.63) is 23.3 Å². The van der Waals surface area contributed by atoms with Gasteiger partial charge in [0.2, 0.25) is 0 Å². The average Bonchev–Trinajstić information content (AvgIpc) is 2.03. The van der Waals surface area contributed by atoms with Gasteiger partial charge in [-0.05, 0) is 37.1 Å². The molecule has 0 bridgehead atoms. The van der Waals surface area contributed by atoms with Crippen molar-refractivity contribution in [1.82, 2.24) is 0 Å². The van der Waals surface area contributed by atoms with Gasteiger partial charge in [-0.2, -0.15) is 0 Å². The van der Waals surface area contributed by atoms with Crippen molar-refractivity contribution in [1.29, 1.82) is 0 Å². The normalized spacial score (nSPS) is 7.59. The van der Waals surface area contributed by atoms with Gasteiger partial charge in [0.1, 0.15) is 5.75 Å². The fraction of sp³-hybridized carbons (Fsp3) is 0.455. The summed E-state index contributed by atoms with van der Waals surface area (Å²) in [6.45, 7) is 4.14. The van der Waals surface area contributed by atoms with Crippen LogP contribution in [-0.2, 0) is 19.5 Å². The zero-order chi connectivity index (χ0) is 10.0. The first-order valence-electron chi connectivity index (χ1n) is 4.39. The summed E-state index contributed by atoms with van der Waals surface area (Å²) < 4.78 is 5.29. The van der Waals surface area contributed by atoms with E-state index in [-0.39, 0.29) is 56.7 Å². The molecular formula is C11H18Cl3NOZn. The van der Waals surface area contributed by atoms with Crippen molar-refractivity contribution >= 4 is 18.1 Å². The number of ether oxygens (including phenoxy) is 1. The minimum Gasteiger partial charge on any atom is -1.00 e. The van der Waals surface area contributed by atoms with Crippen LogP contribution in [0.2, 0.25) is 0 Å². The van der Waals surface area contributed by atoms with E-state index in [1.54, 1.807) is 7.11 Å². The Kier molecular flexibility index (Phi) is 17.4. The number of halogens is 3. The number of benzene rings is 1. The Morgan fingerprint density at radius 3 is 1.59 bits per heavy atom. The third kappa shape index (κ3) is 6.71. The Morgan fingerprint density at radius 2 is 1.35 bits per heavy atom. The van der Waals surface area contributed by atoms with Crippen LogP contribution in [0.3, 0.4) is 0 Å². The molecule has 2 nitrogen and oxygen atoms in total. The van der Waals surface area contributed by atoms with Gasteiger partial charge in [0, 0.05) is 19.8 Å². The molecule has 0 heterocycles. The molecule has 1 rings (SSSR count). The van der Waals surface area contributed by atoms with E-state index >= 15 is 0 Å². The van der Waals surface area contributed by atoms with Gasteiger partial charge in [0.15, 0.2) is 0 Å². The topological polar surface area (TPSA) is 12.5 Å². The molecule has 17 heavy (non-hydrogen) atoms. The molecule has 1 aromatic carbocycles. The van der Waals surface area contributed by atoms with Crippen LogP contribution in [0.4, 0.5) is 5.69 Å². The second-order valence-electron chi connectivity index (χ2n) is 3.51. The molecule has 96 valence electrons. The van der Waals surface area contributed by atoms with Crippen LogP contribution in [0.25, 0.3) is 0 Å². The van der Waals surface area contributed by atoms with E-state index in [9.17, 15) is 0 Å². The SMILES string of the molecule is COc1c(C)cc(N(C)C)cc1C.Cl.[Cl-].[Cl-].[Zn+2]. The van der Waals surface area contributed by atoms with E-state index < -0.39 is 0 Å². The number of anilines is 1. The largest absolute Gasteiger partial charge is 2.00 e. The minimum atomic E-state index is 0. The van der Waals surface area contributed by atoms with E-state index in [1.165, 1.54) is 16.8 Å². The first-order valence-corrected chi connectivity index (χ1v) is 4.39. The summed E-state index contributed by atoms with van der Waals surface area (Å²) in [5, 5.41) is 0. The summed E-state index contributed by atoms with van der Waals surface area (Å²) in [6, 6.07) is 4.26. The van der Waals surface area contributed by atoms with Crippen molar-refractivity contribution in [3.8, 4) is 5.75 Å². The van der Waals surface area contributed by atoms with Gasteiger partial charge >= 0.3 is 19.5 Å². The summed E-state index contributed by atoms with van der Waals surface area (Å²) >= 11 is 0. The van der Waals surface area contributed by atoms with Crippen LogP contribution in [0, 0.1) is 13.8 Å². The molecule has 0 atom stereocenters. The first-order chi connectivity index (χ1) is 6.06.